The monoisotopic (exact) mass is 805 g/mol. The number of aromatic nitrogens is 2. The van der Waals surface area contributed by atoms with Crippen LogP contribution in [0.25, 0.3) is 0 Å². The molecule has 10 heteroatoms. The number of ketones is 1. The molecular formula is C50H55N5O5. The number of benzene rings is 4. The minimum atomic E-state index is -0.315. The Labute approximate surface area is 354 Å². The predicted molar refractivity (Wildman–Crippen MR) is 238 cm³/mol. The van der Waals surface area contributed by atoms with Crippen molar-refractivity contribution in [1.29, 1.82) is 0 Å². The molecule has 0 spiro atoms. The van der Waals surface area contributed by atoms with Crippen LogP contribution in [0.3, 0.4) is 0 Å². The number of esters is 1. The zero-order valence-corrected chi connectivity index (χ0v) is 34.8. The number of ether oxygens (including phenoxy) is 3. The first-order valence-corrected chi connectivity index (χ1v) is 20.6. The summed E-state index contributed by atoms with van der Waals surface area (Å²) in [6, 6.07) is 43.4. The van der Waals surface area contributed by atoms with E-state index in [1.165, 1.54) is 18.2 Å². The number of hydrogen-bond donors (Lipinski definition) is 1. The second-order valence-corrected chi connectivity index (χ2v) is 14.9. The number of aryl methyl sites for hydroxylation is 3. The molecule has 0 radical (unpaired) electrons. The van der Waals surface area contributed by atoms with Crippen LogP contribution in [0.2, 0.25) is 0 Å². The fraction of sp³-hybridized carbons (Fsp3) is 0.280. The van der Waals surface area contributed by atoms with Gasteiger partial charge in [-0.25, -0.2) is 14.8 Å². The summed E-state index contributed by atoms with van der Waals surface area (Å²) in [5.74, 6) is 1.18. The lowest BCUT2D eigenvalue weighted by molar-refractivity contribution is 0.0601. The molecule has 4 heterocycles. The van der Waals surface area contributed by atoms with Gasteiger partial charge in [-0.05, 0) is 66.8 Å². The highest BCUT2D eigenvalue weighted by Gasteiger charge is 2.28. The number of carbonyl (C=O) groups excluding carboxylic acids is 2. The highest BCUT2D eigenvalue weighted by molar-refractivity contribution is 6.01. The first-order chi connectivity index (χ1) is 29.3. The van der Waals surface area contributed by atoms with E-state index in [9.17, 15) is 9.59 Å². The van der Waals surface area contributed by atoms with Gasteiger partial charge in [0.1, 0.15) is 12.2 Å². The van der Waals surface area contributed by atoms with E-state index in [1.807, 2.05) is 135 Å². The largest absolute Gasteiger partial charge is 0.472 e. The van der Waals surface area contributed by atoms with Gasteiger partial charge in [0.05, 0.1) is 31.5 Å². The van der Waals surface area contributed by atoms with Crippen LogP contribution in [0, 0.1) is 13.8 Å². The summed E-state index contributed by atoms with van der Waals surface area (Å²) in [6.45, 7) is 7.85. The maximum absolute atomic E-state index is 12.9. The summed E-state index contributed by atoms with van der Waals surface area (Å²) < 4.78 is 16.9. The quantitative estimate of drug-likeness (QED) is 0.0949. The van der Waals surface area contributed by atoms with E-state index in [0.717, 1.165) is 73.5 Å². The van der Waals surface area contributed by atoms with Crippen molar-refractivity contribution < 1.29 is 23.8 Å². The van der Waals surface area contributed by atoms with Gasteiger partial charge in [-0.3, -0.25) is 4.79 Å². The molecule has 2 atom stereocenters. The maximum Gasteiger partial charge on any atom is 0.339 e. The molecular weight excluding hydrogens is 751 g/mol. The van der Waals surface area contributed by atoms with Gasteiger partial charge in [-0.1, -0.05) is 97.1 Å². The standard InChI is InChI=1S/C25H26N2O2.C18H20N2O3.C7H9N/c1-19-11-14-25(26-17-19)29-21-15-16-27(18-21)23-10-6-5-9-22(23)24(28)13-12-20-7-3-2-4-8-20;1-13-7-8-17(19-11-13)23-14-9-10-20(12-14)16-6-4-3-5-15(16)18(21)22-2;8-6-7-4-2-1-3-5-7/h2-11,14,17,21H,12-13,15-16,18H2,1H3;3-8,11,14H,9-10,12H2,1-2H3;1-5H,6,8H2/t21-;14-;/m11./s1. The van der Waals surface area contributed by atoms with Crippen molar-refractivity contribution in [2.75, 3.05) is 43.1 Å². The van der Waals surface area contributed by atoms with Gasteiger partial charge in [0, 0.05) is 74.7 Å². The Kier molecular flexibility index (Phi) is 15.8. The number of nitrogens with zero attached hydrogens (tertiary/aromatic N) is 4. The fourth-order valence-corrected chi connectivity index (χ4v) is 7.14. The normalized spacial score (nSPS) is 15.5. The van der Waals surface area contributed by atoms with E-state index in [4.69, 9.17) is 19.9 Å². The van der Waals surface area contributed by atoms with Crippen molar-refractivity contribution in [3.8, 4) is 11.8 Å². The minimum Gasteiger partial charge on any atom is -0.472 e. The molecule has 0 bridgehead atoms. The number of hydrogen-bond acceptors (Lipinski definition) is 10. The number of methoxy groups -OCH3 is 1. The number of para-hydroxylation sites is 2. The van der Waals surface area contributed by atoms with Crippen molar-refractivity contribution >= 4 is 23.1 Å². The van der Waals surface area contributed by atoms with E-state index in [1.54, 1.807) is 12.3 Å². The number of pyridine rings is 2. The van der Waals surface area contributed by atoms with Gasteiger partial charge >= 0.3 is 5.97 Å². The fourth-order valence-electron chi connectivity index (χ4n) is 7.14. The summed E-state index contributed by atoms with van der Waals surface area (Å²) >= 11 is 0. The molecule has 10 nitrogen and oxygen atoms in total. The molecule has 2 saturated heterocycles. The number of nitrogens with two attached hydrogens (primary N) is 1. The molecule has 8 rings (SSSR count). The van der Waals surface area contributed by atoms with Crippen LogP contribution in [0.5, 0.6) is 11.8 Å². The highest BCUT2D eigenvalue weighted by Crippen LogP contribution is 2.29. The molecule has 0 saturated carbocycles. The van der Waals surface area contributed by atoms with Crippen LogP contribution in [-0.4, -0.2) is 67.2 Å². The van der Waals surface area contributed by atoms with Crippen molar-refractivity contribution in [3.63, 3.8) is 0 Å². The van der Waals surface area contributed by atoms with Crippen LogP contribution in [-0.2, 0) is 17.7 Å². The predicted octanol–water partition coefficient (Wildman–Crippen LogP) is 8.84. The van der Waals surface area contributed by atoms with Gasteiger partial charge in [0.25, 0.3) is 0 Å². The number of Topliss-reactive ketones (excluding diaryl/α,β-unsaturated/α-hetero) is 1. The third-order valence-electron chi connectivity index (χ3n) is 10.4. The Balaban J connectivity index is 0.000000173. The summed E-state index contributed by atoms with van der Waals surface area (Å²) in [6.07, 6.45) is 6.86. The van der Waals surface area contributed by atoms with Crippen LogP contribution < -0.4 is 25.0 Å². The van der Waals surface area contributed by atoms with E-state index < -0.39 is 0 Å². The molecule has 0 unspecified atom stereocenters. The van der Waals surface area contributed by atoms with Crippen molar-refractivity contribution in [3.05, 3.63) is 179 Å². The van der Waals surface area contributed by atoms with Gasteiger partial charge in [0.15, 0.2) is 5.78 Å². The van der Waals surface area contributed by atoms with Crippen molar-refractivity contribution in [2.24, 2.45) is 5.73 Å². The Morgan fingerprint density at radius 1 is 0.617 bits per heavy atom. The first kappa shape index (κ1) is 43.1. The Hall–Kier alpha value is -6.52. The second-order valence-electron chi connectivity index (χ2n) is 14.9. The Morgan fingerprint density at radius 2 is 1.08 bits per heavy atom. The summed E-state index contributed by atoms with van der Waals surface area (Å²) in [5, 5.41) is 0. The maximum atomic E-state index is 12.9. The summed E-state index contributed by atoms with van der Waals surface area (Å²) in [7, 11) is 1.40. The van der Waals surface area contributed by atoms with Crippen LogP contribution in [0.1, 0.15) is 62.2 Å². The third-order valence-corrected chi connectivity index (χ3v) is 10.4. The number of carbonyl (C=O) groups is 2. The Bertz CT molecular complexity index is 2240. The van der Waals surface area contributed by atoms with E-state index in [0.29, 0.717) is 30.3 Å². The molecule has 310 valence electrons. The summed E-state index contributed by atoms with van der Waals surface area (Å²) in [4.78, 5) is 37.9. The molecule has 2 fully saturated rings. The van der Waals surface area contributed by atoms with Crippen LogP contribution >= 0.6 is 0 Å². The van der Waals surface area contributed by atoms with Crippen molar-refractivity contribution in [2.45, 2.75) is 58.3 Å². The lowest BCUT2D eigenvalue weighted by Crippen LogP contribution is -2.26. The zero-order valence-electron chi connectivity index (χ0n) is 34.8. The molecule has 4 aromatic carbocycles. The molecule has 0 aliphatic carbocycles. The summed E-state index contributed by atoms with van der Waals surface area (Å²) in [5.41, 5.74) is 13.2. The average Bonchev–Trinajstić information content (AvgIpc) is 3.98. The van der Waals surface area contributed by atoms with Crippen LogP contribution in [0.15, 0.2) is 146 Å². The lowest BCUT2D eigenvalue weighted by Gasteiger charge is -2.21. The van der Waals surface area contributed by atoms with Crippen molar-refractivity contribution in [1.82, 2.24) is 9.97 Å². The van der Waals surface area contributed by atoms with Gasteiger partial charge < -0.3 is 29.7 Å². The molecule has 0 amide bonds. The van der Waals surface area contributed by atoms with E-state index >= 15 is 0 Å². The number of rotatable bonds is 12. The number of anilines is 2. The Morgan fingerprint density at radius 3 is 1.55 bits per heavy atom. The van der Waals surface area contributed by atoms with Gasteiger partial charge in [0.2, 0.25) is 11.8 Å². The molecule has 6 aromatic rings. The SMILES string of the molecule is COC(=O)c1ccccc1N1CC[C@@H](Oc2ccc(C)cn2)C1.Cc1ccc(O[C@@H]2CCN(c3ccccc3C(=O)CCc3ccccc3)C2)nc1.NCc1ccccc1. The zero-order chi connectivity index (χ0) is 42.1. The smallest absolute Gasteiger partial charge is 0.339 e. The third kappa shape index (κ3) is 12.5. The highest BCUT2D eigenvalue weighted by atomic mass is 16.5. The first-order valence-electron chi connectivity index (χ1n) is 20.6. The average molecular weight is 806 g/mol. The molecule has 60 heavy (non-hydrogen) atoms. The molecule has 2 aliphatic heterocycles. The molecule has 2 N–H and O–H groups in total. The topological polar surface area (TPSA) is 120 Å². The molecule has 2 aromatic heterocycles. The molecule has 2 aliphatic rings. The van der Waals surface area contributed by atoms with Gasteiger partial charge in [-0.15, -0.1) is 0 Å². The van der Waals surface area contributed by atoms with E-state index in [-0.39, 0.29) is 24.0 Å². The van der Waals surface area contributed by atoms with Gasteiger partial charge in [-0.2, -0.15) is 0 Å². The van der Waals surface area contributed by atoms with Crippen LogP contribution in [0.4, 0.5) is 11.4 Å². The minimum absolute atomic E-state index is 0.0657. The second kappa shape index (κ2) is 22.0. The lowest BCUT2D eigenvalue weighted by atomic mass is 10.0. The van der Waals surface area contributed by atoms with E-state index in [2.05, 4.69) is 31.9 Å².